The van der Waals surface area contributed by atoms with Gasteiger partial charge in [0.2, 0.25) is 0 Å². The minimum atomic E-state index is -0.411. The maximum atomic E-state index is 10.9. The molecule has 0 amide bonds. The monoisotopic (exact) mass is 305 g/mol. The van der Waals surface area contributed by atoms with Crippen molar-refractivity contribution >= 4 is 34.4 Å². The maximum Gasteiger partial charge on any atom is 0.0925 e. The van der Waals surface area contributed by atoms with Crippen molar-refractivity contribution in [3.63, 3.8) is 0 Å². The van der Waals surface area contributed by atoms with Gasteiger partial charge in [-0.15, -0.1) is 0 Å². The largest absolute Gasteiger partial charge is 0.387 e. The molecule has 1 aromatic heterocycles. The van der Waals surface area contributed by atoms with E-state index in [-0.39, 0.29) is 5.25 Å². The SMILES string of the molecule is CCC1SCCSC1C(O)c1cccc2ncccc12. The molecule has 1 saturated heterocycles. The van der Waals surface area contributed by atoms with Gasteiger partial charge in [-0.1, -0.05) is 25.1 Å². The van der Waals surface area contributed by atoms with Crippen LogP contribution in [-0.4, -0.2) is 32.1 Å². The van der Waals surface area contributed by atoms with Crippen LogP contribution in [0.15, 0.2) is 36.5 Å². The van der Waals surface area contributed by atoms with Crippen molar-refractivity contribution in [2.75, 3.05) is 11.5 Å². The van der Waals surface area contributed by atoms with Gasteiger partial charge in [0, 0.05) is 33.6 Å². The molecule has 1 aliphatic heterocycles. The standard InChI is InChI=1S/C16H19NOS2/c1-2-14-16(20-10-9-19-14)15(18)12-5-3-7-13-11(12)6-4-8-17-13/h3-8,14-16,18H,2,9-10H2,1H3. The first kappa shape index (κ1) is 14.2. The molecule has 0 saturated carbocycles. The molecule has 3 atom stereocenters. The summed E-state index contributed by atoms with van der Waals surface area (Å²) < 4.78 is 0. The van der Waals surface area contributed by atoms with Gasteiger partial charge >= 0.3 is 0 Å². The summed E-state index contributed by atoms with van der Waals surface area (Å²) in [6.45, 7) is 2.22. The molecule has 20 heavy (non-hydrogen) atoms. The van der Waals surface area contributed by atoms with Gasteiger partial charge in [-0.25, -0.2) is 0 Å². The summed E-state index contributed by atoms with van der Waals surface area (Å²) in [5.41, 5.74) is 1.99. The highest BCUT2D eigenvalue weighted by Gasteiger charge is 2.32. The number of aliphatic hydroxyl groups excluding tert-OH is 1. The number of hydrogen-bond donors (Lipinski definition) is 1. The molecule has 3 rings (SSSR count). The van der Waals surface area contributed by atoms with E-state index in [1.807, 2.05) is 47.8 Å². The number of benzene rings is 1. The van der Waals surface area contributed by atoms with Crippen LogP contribution in [0.3, 0.4) is 0 Å². The summed E-state index contributed by atoms with van der Waals surface area (Å²) in [5, 5.41) is 12.8. The number of hydrogen-bond acceptors (Lipinski definition) is 4. The molecule has 0 aliphatic carbocycles. The van der Waals surface area contributed by atoms with E-state index in [1.165, 1.54) is 5.75 Å². The topological polar surface area (TPSA) is 33.1 Å². The van der Waals surface area contributed by atoms with Gasteiger partial charge < -0.3 is 5.11 Å². The van der Waals surface area contributed by atoms with Gasteiger partial charge in [0.05, 0.1) is 11.6 Å². The minimum absolute atomic E-state index is 0.282. The highest BCUT2D eigenvalue weighted by atomic mass is 32.2. The second-order valence-electron chi connectivity index (χ2n) is 5.02. The van der Waals surface area contributed by atoms with E-state index in [4.69, 9.17) is 0 Å². The third-order valence-electron chi connectivity index (χ3n) is 3.80. The number of pyridine rings is 1. The molecule has 0 radical (unpaired) electrons. The van der Waals surface area contributed by atoms with Crippen LogP contribution in [0, 0.1) is 0 Å². The number of thioether (sulfide) groups is 2. The zero-order chi connectivity index (χ0) is 13.9. The van der Waals surface area contributed by atoms with Gasteiger partial charge in [0.1, 0.15) is 0 Å². The normalized spacial score (nSPS) is 24.7. The molecule has 106 valence electrons. The lowest BCUT2D eigenvalue weighted by molar-refractivity contribution is 0.174. The van der Waals surface area contributed by atoms with Gasteiger partial charge in [0.25, 0.3) is 0 Å². The Morgan fingerprint density at radius 1 is 1.25 bits per heavy atom. The molecule has 3 unspecified atom stereocenters. The molecule has 4 heteroatoms. The van der Waals surface area contributed by atoms with E-state index >= 15 is 0 Å². The Morgan fingerprint density at radius 2 is 2.10 bits per heavy atom. The van der Waals surface area contributed by atoms with Gasteiger partial charge in [-0.2, -0.15) is 23.5 Å². The highest BCUT2D eigenvalue weighted by Crippen LogP contribution is 2.41. The van der Waals surface area contributed by atoms with Crippen molar-refractivity contribution in [1.82, 2.24) is 4.98 Å². The third kappa shape index (κ3) is 2.69. The van der Waals surface area contributed by atoms with Gasteiger partial charge in [-0.05, 0) is 24.1 Å². The lowest BCUT2D eigenvalue weighted by Crippen LogP contribution is -2.31. The number of aromatic nitrogens is 1. The second kappa shape index (κ2) is 6.37. The van der Waals surface area contributed by atoms with E-state index in [0.29, 0.717) is 5.25 Å². The van der Waals surface area contributed by atoms with Gasteiger partial charge in [-0.3, -0.25) is 4.98 Å². The fourth-order valence-electron chi connectivity index (χ4n) is 2.79. The Hall–Kier alpha value is -0.710. The molecule has 1 aromatic carbocycles. The van der Waals surface area contributed by atoms with E-state index in [9.17, 15) is 5.11 Å². The fraction of sp³-hybridized carbons (Fsp3) is 0.438. The average Bonchev–Trinajstić information content (AvgIpc) is 2.53. The molecular formula is C16H19NOS2. The van der Waals surface area contributed by atoms with Crippen LogP contribution in [-0.2, 0) is 0 Å². The zero-order valence-electron chi connectivity index (χ0n) is 11.5. The lowest BCUT2D eigenvalue weighted by Gasteiger charge is -2.33. The fourth-order valence-corrected chi connectivity index (χ4v) is 5.92. The van der Waals surface area contributed by atoms with E-state index < -0.39 is 6.10 Å². The van der Waals surface area contributed by atoms with Crippen molar-refractivity contribution in [2.24, 2.45) is 0 Å². The molecule has 1 fully saturated rings. The van der Waals surface area contributed by atoms with Crippen molar-refractivity contribution in [3.8, 4) is 0 Å². The second-order valence-corrected chi connectivity index (χ2v) is 7.65. The van der Waals surface area contributed by atoms with Crippen LogP contribution in [0.1, 0.15) is 25.0 Å². The average molecular weight is 305 g/mol. The summed E-state index contributed by atoms with van der Waals surface area (Å²) in [5.74, 6) is 2.33. The third-order valence-corrected chi connectivity index (χ3v) is 7.14. The first-order valence-electron chi connectivity index (χ1n) is 7.06. The van der Waals surface area contributed by atoms with Crippen LogP contribution < -0.4 is 0 Å². The Bertz CT molecular complexity index is 584. The summed E-state index contributed by atoms with van der Waals surface area (Å²) in [6, 6.07) is 10.0. The van der Waals surface area contributed by atoms with Crippen LogP contribution >= 0.6 is 23.5 Å². The van der Waals surface area contributed by atoms with Gasteiger partial charge in [0.15, 0.2) is 0 Å². The highest BCUT2D eigenvalue weighted by molar-refractivity contribution is 8.07. The predicted octanol–water partition coefficient (Wildman–Crippen LogP) is 3.90. The predicted molar refractivity (Wildman–Crippen MR) is 89.5 cm³/mol. The molecule has 0 spiro atoms. The Balaban J connectivity index is 1.97. The Labute approximate surface area is 128 Å². The van der Waals surface area contributed by atoms with Crippen LogP contribution in [0.4, 0.5) is 0 Å². The van der Waals surface area contributed by atoms with Crippen molar-refractivity contribution in [1.29, 1.82) is 0 Å². The Morgan fingerprint density at radius 3 is 2.95 bits per heavy atom. The van der Waals surface area contributed by atoms with Crippen LogP contribution in [0.2, 0.25) is 0 Å². The smallest absolute Gasteiger partial charge is 0.0925 e. The summed E-state index contributed by atoms with van der Waals surface area (Å²) >= 11 is 3.92. The lowest BCUT2D eigenvalue weighted by atomic mass is 9.99. The quantitative estimate of drug-likeness (QED) is 0.932. The van der Waals surface area contributed by atoms with E-state index in [2.05, 4.69) is 18.0 Å². The summed E-state index contributed by atoms with van der Waals surface area (Å²) in [4.78, 5) is 4.39. The molecular weight excluding hydrogens is 286 g/mol. The first-order valence-corrected chi connectivity index (χ1v) is 9.16. The number of fused-ring (bicyclic) bond motifs is 1. The minimum Gasteiger partial charge on any atom is -0.387 e. The van der Waals surface area contributed by atoms with E-state index in [1.54, 1.807) is 6.20 Å². The molecule has 0 bridgehead atoms. The van der Waals surface area contributed by atoms with Crippen molar-refractivity contribution in [3.05, 3.63) is 42.1 Å². The summed E-state index contributed by atoms with van der Waals surface area (Å²) in [7, 11) is 0. The number of nitrogens with zero attached hydrogens (tertiary/aromatic N) is 1. The van der Waals surface area contributed by atoms with Crippen LogP contribution in [0.5, 0.6) is 0 Å². The van der Waals surface area contributed by atoms with E-state index in [0.717, 1.165) is 28.6 Å². The molecule has 2 nitrogen and oxygen atoms in total. The van der Waals surface area contributed by atoms with Crippen molar-refractivity contribution in [2.45, 2.75) is 29.9 Å². The molecule has 2 aromatic rings. The first-order chi connectivity index (χ1) is 9.81. The molecule has 1 aliphatic rings. The van der Waals surface area contributed by atoms with Crippen LogP contribution in [0.25, 0.3) is 10.9 Å². The van der Waals surface area contributed by atoms with Crippen molar-refractivity contribution < 1.29 is 5.11 Å². The maximum absolute atomic E-state index is 10.9. The number of rotatable bonds is 3. The Kier molecular flexibility index (Phi) is 4.54. The summed E-state index contributed by atoms with van der Waals surface area (Å²) in [6.07, 6.45) is 2.51. The molecule has 1 N–H and O–H groups in total. The molecule has 2 heterocycles. The number of aliphatic hydroxyl groups is 1. The zero-order valence-corrected chi connectivity index (χ0v) is 13.2.